The highest BCUT2D eigenvalue weighted by Gasteiger charge is 2.25. The zero-order valence-corrected chi connectivity index (χ0v) is 12.6. The molecule has 1 amide bonds. The summed E-state index contributed by atoms with van der Waals surface area (Å²) in [4.78, 5) is 12.2. The molecule has 1 aromatic rings. The zero-order chi connectivity index (χ0) is 14.3. The highest BCUT2D eigenvalue weighted by atomic mass is 32.2. The van der Waals surface area contributed by atoms with Gasteiger partial charge in [-0.2, -0.15) is 11.8 Å². The average Bonchev–Trinajstić information content (AvgIpc) is 2.49. The third-order valence-corrected chi connectivity index (χ3v) is 5.21. The van der Waals surface area contributed by atoms with Crippen molar-refractivity contribution in [2.45, 2.75) is 31.4 Å². The van der Waals surface area contributed by atoms with Gasteiger partial charge in [-0.05, 0) is 31.2 Å². The Balaban J connectivity index is 2.75. The monoisotopic (exact) mass is 281 g/mol. The fraction of sp³-hybridized carbons (Fsp3) is 0.500. The van der Waals surface area contributed by atoms with Gasteiger partial charge in [-0.3, -0.25) is 10.6 Å². The molecule has 0 fully saturated rings. The van der Waals surface area contributed by atoms with Gasteiger partial charge in [-0.15, -0.1) is 0 Å². The number of hydrogen-bond donors (Lipinski definition) is 3. The van der Waals surface area contributed by atoms with Crippen molar-refractivity contribution >= 4 is 23.4 Å². The maximum Gasteiger partial charge on any atom is 0.253 e. The summed E-state index contributed by atoms with van der Waals surface area (Å²) in [6.07, 6.45) is 4.15. The number of hydrogen-bond acceptors (Lipinski definition) is 4. The summed E-state index contributed by atoms with van der Waals surface area (Å²) in [6, 6.07) is 7.23. The van der Waals surface area contributed by atoms with Gasteiger partial charge in [0, 0.05) is 11.3 Å². The molecule has 0 bridgehead atoms. The summed E-state index contributed by atoms with van der Waals surface area (Å²) in [5.41, 5.74) is 3.77. The second-order valence-corrected chi connectivity index (χ2v) is 5.74. The van der Waals surface area contributed by atoms with Gasteiger partial charge >= 0.3 is 0 Å². The van der Waals surface area contributed by atoms with E-state index in [1.807, 2.05) is 23.9 Å². The minimum atomic E-state index is -0.0890. The van der Waals surface area contributed by atoms with E-state index < -0.39 is 0 Å². The summed E-state index contributed by atoms with van der Waals surface area (Å²) in [6.45, 7) is 4.97. The number of carbonyl (C=O) groups is 1. The smallest absolute Gasteiger partial charge is 0.253 e. The molecule has 0 heterocycles. The van der Waals surface area contributed by atoms with Crippen LogP contribution in [0, 0.1) is 0 Å². The molecule has 19 heavy (non-hydrogen) atoms. The van der Waals surface area contributed by atoms with Crippen molar-refractivity contribution in [3.8, 4) is 0 Å². The van der Waals surface area contributed by atoms with Crippen molar-refractivity contribution in [1.29, 1.82) is 0 Å². The summed E-state index contributed by atoms with van der Waals surface area (Å²) < 4.78 is 0.112. The first kappa shape index (κ1) is 15.9. The largest absolute Gasteiger partial charge is 0.351 e. The number of carbonyl (C=O) groups excluding carboxylic acids is 1. The molecule has 0 unspecified atom stereocenters. The Morgan fingerprint density at radius 2 is 1.95 bits per heavy atom. The first-order chi connectivity index (χ1) is 9.12. The highest BCUT2D eigenvalue weighted by molar-refractivity contribution is 8.00. The van der Waals surface area contributed by atoms with Gasteiger partial charge in [-0.25, -0.2) is 0 Å². The molecule has 106 valence electrons. The summed E-state index contributed by atoms with van der Waals surface area (Å²) in [5.74, 6) is 5.33. The van der Waals surface area contributed by atoms with Crippen LogP contribution in [0.25, 0.3) is 0 Å². The Bertz CT molecular complexity index is 411. The Morgan fingerprint density at radius 3 is 2.47 bits per heavy atom. The lowest BCUT2D eigenvalue weighted by Gasteiger charge is -2.29. The number of anilines is 1. The molecule has 5 heteroatoms. The topological polar surface area (TPSA) is 67.2 Å². The third kappa shape index (κ3) is 3.88. The van der Waals surface area contributed by atoms with E-state index in [0.717, 1.165) is 12.8 Å². The van der Waals surface area contributed by atoms with Crippen molar-refractivity contribution in [2.75, 3.05) is 18.2 Å². The molecule has 0 aromatic heterocycles. The van der Waals surface area contributed by atoms with Crippen LogP contribution in [0.1, 0.15) is 37.0 Å². The molecule has 0 radical (unpaired) electrons. The van der Waals surface area contributed by atoms with Crippen LogP contribution < -0.4 is 16.6 Å². The van der Waals surface area contributed by atoms with Gasteiger partial charge < -0.3 is 10.7 Å². The molecule has 4 N–H and O–H groups in total. The molecular weight excluding hydrogens is 258 g/mol. The Morgan fingerprint density at radius 1 is 1.32 bits per heavy atom. The standard InChI is InChI=1S/C14H23N3OS/c1-4-14(5-2,19-3)10-16-13(18)11-8-6-7-9-12(11)17-15/h6-9,17H,4-5,10,15H2,1-3H3,(H,16,18). The molecule has 1 aromatic carbocycles. The van der Waals surface area contributed by atoms with Crippen molar-refractivity contribution in [3.63, 3.8) is 0 Å². The predicted molar refractivity (Wildman–Crippen MR) is 83.4 cm³/mol. The lowest BCUT2D eigenvalue weighted by Crippen LogP contribution is -2.39. The van der Waals surface area contributed by atoms with Crippen molar-refractivity contribution in [1.82, 2.24) is 5.32 Å². The number of thioether (sulfide) groups is 1. The van der Waals surface area contributed by atoms with E-state index in [1.165, 1.54) is 0 Å². The summed E-state index contributed by atoms with van der Waals surface area (Å²) in [5, 5.41) is 3.01. The molecule has 0 saturated heterocycles. The van der Waals surface area contributed by atoms with E-state index in [0.29, 0.717) is 17.8 Å². The average molecular weight is 281 g/mol. The first-order valence-electron chi connectivity index (χ1n) is 6.51. The van der Waals surface area contributed by atoms with Gasteiger partial charge in [0.1, 0.15) is 0 Å². The molecule has 0 aliphatic heterocycles. The molecule has 1 rings (SSSR count). The number of hydrazine groups is 1. The molecular formula is C14H23N3OS. The van der Waals surface area contributed by atoms with Gasteiger partial charge in [0.25, 0.3) is 5.91 Å². The van der Waals surface area contributed by atoms with E-state index in [-0.39, 0.29) is 10.7 Å². The van der Waals surface area contributed by atoms with E-state index >= 15 is 0 Å². The van der Waals surface area contributed by atoms with Gasteiger partial charge in [0.15, 0.2) is 0 Å². The van der Waals surface area contributed by atoms with Crippen molar-refractivity contribution < 1.29 is 4.79 Å². The lowest BCUT2D eigenvalue weighted by molar-refractivity contribution is 0.0949. The maximum atomic E-state index is 12.2. The van der Waals surface area contributed by atoms with Crippen molar-refractivity contribution in [3.05, 3.63) is 29.8 Å². The van der Waals surface area contributed by atoms with Crippen LogP contribution in [-0.4, -0.2) is 23.5 Å². The molecule has 4 nitrogen and oxygen atoms in total. The molecule has 0 aliphatic carbocycles. The van der Waals surface area contributed by atoms with Crippen LogP contribution >= 0.6 is 11.8 Å². The number of nitrogens with one attached hydrogen (secondary N) is 2. The van der Waals surface area contributed by atoms with Gasteiger partial charge in [-0.1, -0.05) is 26.0 Å². The second kappa shape index (κ2) is 7.40. The SMILES string of the molecule is CCC(CC)(CNC(=O)c1ccccc1NN)SC. The molecule has 0 saturated carbocycles. The number of benzene rings is 1. The summed E-state index contributed by atoms with van der Waals surface area (Å²) >= 11 is 1.81. The minimum absolute atomic E-state index is 0.0890. The summed E-state index contributed by atoms with van der Waals surface area (Å²) in [7, 11) is 0. The Labute approximate surface area is 119 Å². The van der Waals surface area contributed by atoms with Crippen LogP contribution in [0.15, 0.2) is 24.3 Å². The molecule has 0 aliphatic rings. The van der Waals surface area contributed by atoms with E-state index in [9.17, 15) is 4.79 Å². The molecule has 0 spiro atoms. The molecule has 0 atom stereocenters. The van der Waals surface area contributed by atoms with Crippen LogP contribution in [0.5, 0.6) is 0 Å². The quantitative estimate of drug-likeness (QED) is 0.531. The van der Waals surface area contributed by atoms with Crippen LogP contribution in [0.4, 0.5) is 5.69 Å². The van der Waals surface area contributed by atoms with E-state index in [1.54, 1.807) is 12.1 Å². The number of rotatable bonds is 7. The maximum absolute atomic E-state index is 12.2. The fourth-order valence-corrected chi connectivity index (χ4v) is 2.80. The zero-order valence-electron chi connectivity index (χ0n) is 11.8. The second-order valence-electron chi connectivity index (χ2n) is 4.47. The third-order valence-electron chi connectivity index (χ3n) is 3.62. The normalized spacial score (nSPS) is 11.2. The highest BCUT2D eigenvalue weighted by Crippen LogP contribution is 2.29. The van der Waals surface area contributed by atoms with Crippen LogP contribution in [0.2, 0.25) is 0 Å². The fourth-order valence-electron chi connectivity index (χ4n) is 2.00. The minimum Gasteiger partial charge on any atom is -0.351 e. The number of nitrogen functional groups attached to an aromatic ring is 1. The lowest BCUT2D eigenvalue weighted by atomic mass is 10.0. The van der Waals surface area contributed by atoms with Crippen molar-refractivity contribution in [2.24, 2.45) is 5.84 Å². The Hall–Kier alpha value is -1.20. The number of nitrogens with two attached hydrogens (primary N) is 1. The van der Waals surface area contributed by atoms with Crippen LogP contribution in [0.3, 0.4) is 0 Å². The van der Waals surface area contributed by atoms with E-state index in [4.69, 9.17) is 5.84 Å². The number of amides is 1. The number of para-hydroxylation sites is 1. The Kier molecular flexibility index (Phi) is 6.18. The van der Waals surface area contributed by atoms with Gasteiger partial charge in [0.2, 0.25) is 0 Å². The predicted octanol–water partition coefficient (Wildman–Crippen LogP) is 2.62. The first-order valence-corrected chi connectivity index (χ1v) is 7.74. The van der Waals surface area contributed by atoms with E-state index in [2.05, 4.69) is 30.8 Å². The van der Waals surface area contributed by atoms with Gasteiger partial charge in [0.05, 0.1) is 11.3 Å². The van der Waals surface area contributed by atoms with Crippen LogP contribution in [-0.2, 0) is 0 Å².